The maximum absolute atomic E-state index is 4.71. The number of unbranched alkanes of at least 4 members (excludes halogenated alkanes) is 4. The van der Waals surface area contributed by atoms with Crippen LogP contribution in [0, 0.1) is 0 Å². The SMILES string of the molecule is CCCCCCCn1c2ccc(C=NN(C)c3ccccc3)cc2c2cc(C=NN(C)c3ccccc3)ccc21. The van der Waals surface area contributed by atoms with E-state index < -0.39 is 0 Å². The number of hydrogen-bond acceptors (Lipinski definition) is 4. The molecule has 0 aliphatic carbocycles. The molecule has 5 heteroatoms. The summed E-state index contributed by atoms with van der Waals surface area (Å²) in [5, 5.41) is 15.7. The minimum absolute atomic E-state index is 1.03. The highest BCUT2D eigenvalue weighted by molar-refractivity contribution is 6.11. The van der Waals surface area contributed by atoms with Crippen molar-refractivity contribution in [1.82, 2.24) is 4.57 Å². The van der Waals surface area contributed by atoms with Crippen LogP contribution in [0.4, 0.5) is 11.4 Å². The standard InChI is InChI=1S/C35H39N5/c1-4-5-6-7-14-23-40-34-21-19-28(26-36-38(2)30-15-10-8-11-16-30)24-32(34)33-25-29(20-22-35(33)40)27-37-39(3)31-17-12-9-13-18-31/h8-13,15-22,24-27H,4-7,14,23H2,1-3H3. The molecule has 5 rings (SSSR count). The normalized spacial score (nSPS) is 11.8. The molecule has 5 aromatic rings. The first kappa shape index (κ1) is 27.2. The van der Waals surface area contributed by atoms with Gasteiger partial charge in [0.05, 0.1) is 23.8 Å². The zero-order valence-corrected chi connectivity index (χ0v) is 23.9. The summed E-state index contributed by atoms with van der Waals surface area (Å²) >= 11 is 0. The van der Waals surface area contributed by atoms with Crippen LogP contribution in [0.15, 0.2) is 107 Å². The number of para-hydroxylation sites is 2. The number of hydrogen-bond donors (Lipinski definition) is 0. The van der Waals surface area contributed by atoms with Crippen LogP contribution in [0.3, 0.4) is 0 Å². The maximum atomic E-state index is 4.71. The second kappa shape index (κ2) is 13.1. The predicted octanol–water partition coefficient (Wildman–Crippen LogP) is 8.71. The third-order valence-electron chi connectivity index (χ3n) is 7.42. The van der Waals surface area contributed by atoms with Crippen LogP contribution in [0.25, 0.3) is 21.8 Å². The van der Waals surface area contributed by atoms with E-state index in [2.05, 4.69) is 72.2 Å². The smallest absolute Gasteiger partial charge is 0.0590 e. The van der Waals surface area contributed by atoms with Crippen LogP contribution in [0.1, 0.15) is 50.2 Å². The molecule has 0 spiro atoms. The Morgan fingerprint density at radius 3 is 1.55 bits per heavy atom. The Bertz CT molecular complexity index is 1470. The van der Waals surface area contributed by atoms with Gasteiger partial charge in [-0.3, -0.25) is 10.0 Å². The highest BCUT2D eigenvalue weighted by Crippen LogP contribution is 2.31. The highest BCUT2D eigenvalue weighted by Gasteiger charge is 2.12. The Hall–Kier alpha value is -4.38. The molecule has 0 aliphatic heterocycles. The molecule has 0 fully saturated rings. The minimum atomic E-state index is 1.03. The van der Waals surface area contributed by atoms with Crippen molar-refractivity contribution in [2.45, 2.75) is 45.6 Å². The number of aromatic nitrogens is 1. The van der Waals surface area contributed by atoms with E-state index in [9.17, 15) is 0 Å². The number of anilines is 2. The van der Waals surface area contributed by atoms with Crippen molar-refractivity contribution in [3.05, 3.63) is 108 Å². The van der Waals surface area contributed by atoms with E-state index in [-0.39, 0.29) is 0 Å². The third kappa shape index (κ3) is 6.42. The Labute approximate surface area is 238 Å². The summed E-state index contributed by atoms with van der Waals surface area (Å²) in [5.74, 6) is 0. The number of nitrogens with zero attached hydrogens (tertiary/aromatic N) is 5. The van der Waals surface area contributed by atoms with Gasteiger partial charge in [0.1, 0.15) is 0 Å². The lowest BCUT2D eigenvalue weighted by Crippen LogP contribution is -2.08. The molecule has 0 radical (unpaired) electrons. The number of rotatable bonds is 12. The highest BCUT2D eigenvalue weighted by atomic mass is 15.4. The van der Waals surface area contributed by atoms with Gasteiger partial charge in [0.2, 0.25) is 0 Å². The van der Waals surface area contributed by atoms with E-state index in [1.807, 2.05) is 72.9 Å². The Morgan fingerprint density at radius 2 is 1.07 bits per heavy atom. The van der Waals surface area contributed by atoms with Gasteiger partial charge < -0.3 is 4.57 Å². The molecule has 204 valence electrons. The summed E-state index contributed by atoms with van der Waals surface area (Å²) in [4.78, 5) is 0. The first-order chi connectivity index (χ1) is 19.6. The largest absolute Gasteiger partial charge is 0.340 e. The first-order valence-corrected chi connectivity index (χ1v) is 14.4. The molecular formula is C35H39N5. The molecular weight excluding hydrogens is 490 g/mol. The fourth-order valence-corrected chi connectivity index (χ4v) is 5.14. The van der Waals surface area contributed by atoms with Crippen molar-refractivity contribution in [2.75, 3.05) is 24.1 Å². The van der Waals surface area contributed by atoms with Crippen LogP contribution >= 0.6 is 0 Å². The van der Waals surface area contributed by atoms with Gasteiger partial charge in [0.15, 0.2) is 0 Å². The topological polar surface area (TPSA) is 36.1 Å². The van der Waals surface area contributed by atoms with E-state index in [1.54, 1.807) is 0 Å². The number of aryl methyl sites for hydroxylation is 1. The zero-order chi connectivity index (χ0) is 27.7. The van der Waals surface area contributed by atoms with E-state index in [1.165, 1.54) is 53.9 Å². The van der Waals surface area contributed by atoms with Crippen LogP contribution in [0.2, 0.25) is 0 Å². The molecule has 4 aromatic carbocycles. The summed E-state index contributed by atoms with van der Waals surface area (Å²) in [6.45, 7) is 3.29. The minimum Gasteiger partial charge on any atom is -0.340 e. The molecule has 1 aromatic heterocycles. The van der Waals surface area contributed by atoms with Crippen LogP contribution in [0.5, 0.6) is 0 Å². The average Bonchev–Trinajstić information content (AvgIpc) is 3.31. The van der Waals surface area contributed by atoms with Gasteiger partial charge in [-0.15, -0.1) is 0 Å². The summed E-state index contributed by atoms with van der Waals surface area (Å²) in [6.07, 6.45) is 10.2. The van der Waals surface area contributed by atoms with E-state index in [0.717, 1.165) is 29.0 Å². The second-order valence-electron chi connectivity index (χ2n) is 10.3. The lowest BCUT2D eigenvalue weighted by atomic mass is 10.1. The molecule has 0 unspecified atom stereocenters. The Kier molecular flexibility index (Phi) is 8.92. The zero-order valence-electron chi connectivity index (χ0n) is 23.9. The molecule has 0 bridgehead atoms. The Balaban J connectivity index is 1.47. The monoisotopic (exact) mass is 529 g/mol. The van der Waals surface area contributed by atoms with Crippen molar-refractivity contribution >= 4 is 45.6 Å². The summed E-state index contributed by atoms with van der Waals surface area (Å²) in [6, 6.07) is 33.8. The number of fused-ring (bicyclic) bond motifs is 3. The van der Waals surface area contributed by atoms with Crippen molar-refractivity contribution in [2.24, 2.45) is 10.2 Å². The van der Waals surface area contributed by atoms with Gasteiger partial charge in [0.25, 0.3) is 0 Å². The summed E-state index contributed by atoms with van der Waals surface area (Å²) < 4.78 is 2.49. The second-order valence-corrected chi connectivity index (χ2v) is 10.3. The molecule has 0 amide bonds. The van der Waals surface area contributed by atoms with Gasteiger partial charge in [-0.25, -0.2) is 0 Å². The van der Waals surface area contributed by atoms with E-state index in [4.69, 9.17) is 10.2 Å². The van der Waals surface area contributed by atoms with Crippen molar-refractivity contribution in [3.63, 3.8) is 0 Å². The molecule has 0 aliphatic rings. The quantitative estimate of drug-likeness (QED) is 0.0920. The fourth-order valence-electron chi connectivity index (χ4n) is 5.14. The fraction of sp³-hybridized carbons (Fsp3) is 0.257. The van der Waals surface area contributed by atoms with E-state index in [0.29, 0.717) is 0 Å². The predicted molar refractivity (Wildman–Crippen MR) is 173 cm³/mol. The molecule has 0 saturated carbocycles. The van der Waals surface area contributed by atoms with Gasteiger partial charge in [-0.2, -0.15) is 10.2 Å². The lowest BCUT2D eigenvalue weighted by Gasteiger charge is -2.12. The van der Waals surface area contributed by atoms with Crippen molar-refractivity contribution in [1.29, 1.82) is 0 Å². The molecule has 0 N–H and O–H groups in total. The first-order valence-electron chi connectivity index (χ1n) is 14.4. The van der Waals surface area contributed by atoms with Crippen molar-refractivity contribution < 1.29 is 0 Å². The lowest BCUT2D eigenvalue weighted by molar-refractivity contribution is 0.584. The summed E-state index contributed by atoms with van der Waals surface area (Å²) in [5.41, 5.74) is 6.83. The van der Waals surface area contributed by atoms with Crippen LogP contribution < -0.4 is 10.0 Å². The summed E-state index contributed by atoms with van der Waals surface area (Å²) in [7, 11) is 3.96. The molecule has 5 nitrogen and oxygen atoms in total. The third-order valence-corrected chi connectivity index (χ3v) is 7.42. The van der Waals surface area contributed by atoms with Gasteiger partial charge in [-0.1, -0.05) is 81.1 Å². The van der Waals surface area contributed by atoms with E-state index >= 15 is 0 Å². The Morgan fingerprint density at radius 1 is 0.600 bits per heavy atom. The van der Waals surface area contributed by atoms with Crippen LogP contribution in [-0.2, 0) is 6.54 Å². The van der Waals surface area contributed by atoms with Crippen molar-refractivity contribution in [3.8, 4) is 0 Å². The molecule has 1 heterocycles. The number of hydrazone groups is 2. The average molecular weight is 530 g/mol. The number of benzene rings is 4. The van der Waals surface area contributed by atoms with Gasteiger partial charge in [0, 0.05) is 42.4 Å². The molecule has 0 saturated heterocycles. The maximum Gasteiger partial charge on any atom is 0.0590 e. The van der Waals surface area contributed by atoms with Gasteiger partial charge in [-0.05, 0) is 66.1 Å². The van der Waals surface area contributed by atoms with Crippen LogP contribution in [-0.4, -0.2) is 31.1 Å². The molecule has 0 atom stereocenters. The molecule has 40 heavy (non-hydrogen) atoms. The van der Waals surface area contributed by atoms with Gasteiger partial charge >= 0.3 is 0 Å².